The van der Waals surface area contributed by atoms with Crippen LogP contribution in [0.25, 0.3) is 0 Å². The van der Waals surface area contributed by atoms with Crippen molar-refractivity contribution in [3.05, 3.63) is 24.3 Å². The largest absolute Gasteiger partial charge is 0.381 e. The minimum atomic E-state index is -0.572. The molecule has 0 aliphatic carbocycles. The van der Waals surface area contributed by atoms with Gasteiger partial charge in [-0.05, 0) is 49.9 Å². The van der Waals surface area contributed by atoms with Crippen molar-refractivity contribution in [3.63, 3.8) is 0 Å². The van der Waals surface area contributed by atoms with E-state index < -0.39 is 5.41 Å². The Morgan fingerprint density at radius 3 is 2.33 bits per heavy atom. The molecule has 2 heterocycles. The average Bonchev–Trinajstić information content (AvgIpc) is 3.22. The lowest BCUT2D eigenvalue weighted by molar-refractivity contribution is -0.130. The first-order valence-corrected chi connectivity index (χ1v) is 9.47. The molecule has 1 aromatic rings. The average molecular weight is 376 g/mol. The lowest BCUT2D eigenvalue weighted by Gasteiger charge is -2.34. The summed E-state index contributed by atoms with van der Waals surface area (Å²) in [4.78, 5) is 24.6. The highest BCUT2D eigenvalue weighted by atomic mass is 16.5. The summed E-state index contributed by atoms with van der Waals surface area (Å²) in [5, 5.41) is 8.51. The molecule has 1 unspecified atom stereocenters. The molecular weight excluding hydrogens is 348 g/mol. The zero-order valence-corrected chi connectivity index (χ0v) is 15.5. The minimum Gasteiger partial charge on any atom is -0.381 e. The van der Waals surface area contributed by atoms with Crippen LogP contribution in [0.5, 0.6) is 0 Å². The number of hydrogen-bond acceptors (Lipinski definition) is 5. The van der Waals surface area contributed by atoms with E-state index in [4.69, 9.17) is 15.2 Å². The van der Waals surface area contributed by atoms with E-state index in [0.717, 1.165) is 19.4 Å². The number of carbonyl (C=O) groups is 2. The normalized spacial score (nSPS) is 21.4. The molecule has 2 saturated heterocycles. The smallest absolute Gasteiger partial charge is 0.319 e. The predicted octanol–water partition coefficient (Wildman–Crippen LogP) is 1.68. The molecule has 1 atom stereocenters. The second-order valence-corrected chi connectivity index (χ2v) is 7.10. The molecule has 2 aliphatic heterocycles. The summed E-state index contributed by atoms with van der Waals surface area (Å²) in [5.41, 5.74) is 6.61. The van der Waals surface area contributed by atoms with Crippen LogP contribution in [0, 0.1) is 5.41 Å². The van der Waals surface area contributed by atoms with Crippen LogP contribution in [-0.2, 0) is 14.3 Å². The zero-order valence-electron chi connectivity index (χ0n) is 15.5. The molecule has 0 radical (unpaired) electrons. The molecule has 148 valence electrons. The SMILES string of the molecule is NCC1(C(=O)Nc2ccc(NC(=O)NCC3CCCO3)cc2)CCOCC1. The van der Waals surface area contributed by atoms with E-state index in [9.17, 15) is 9.59 Å². The Morgan fingerprint density at radius 1 is 1.07 bits per heavy atom. The van der Waals surface area contributed by atoms with Gasteiger partial charge in [0.2, 0.25) is 5.91 Å². The van der Waals surface area contributed by atoms with Gasteiger partial charge in [-0.25, -0.2) is 4.79 Å². The van der Waals surface area contributed by atoms with Gasteiger partial charge in [0.15, 0.2) is 0 Å². The third kappa shape index (κ3) is 5.18. The van der Waals surface area contributed by atoms with E-state index >= 15 is 0 Å². The van der Waals surface area contributed by atoms with Crippen molar-refractivity contribution in [2.75, 3.05) is 43.5 Å². The van der Waals surface area contributed by atoms with E-state index in [2.05, 4.69) is 16.0 Å². The van der Waals surface area contributed by atoms with Crippen molar-refractivity contribution < 1.29 is 19.1 Å². The van der Waals surface area contributed by atoms with Gasteiger partial charge in [0.05, 0.1) is 11.5 Å². The van der Waals surface area contributed by atoms with Gasteiger partial charge in [-0.1, -0.05) is 0 Å². The summed E-state index contributed by atoms with van der Waals surface area (Å²) >= 11 is 0. The Hall–Kier alpha value is -2.16. The van der Waals surface area contributed by atoms with Crippen LogP contribution < -0.4 is 21.7 Å². The Labute approximate surface area is 159 Å². The molecule has 2 aliphatic rings. The highest BCUT2D eigenvalue weighted by molar-refractivity contribution is 5.96. The number of nitrogens with two attached hydrogens (primary N) is 1. The molecule has 0 saturated carbocycles. The molecule has 8 nitrogen and oxygen atoms in total. The Balaban J connectivity index is 1.49. The summed E-state index contributed by atoms with van der Waals surface area (Å²) in [7, 11) is 0. The van der Waals surface area contributed by atoms with E-state index in [0.29, 0.717) is 50.5 Å². The molecule has 0 bridgehead atoms. The molecule has 3 rings (SSSR count). The number of carbonyl (C=O) groups excluding carboxylic acids is 2. The van der Waals surface area contributed by atoms with Crippen molar-refractivity contribution in [2.45, 2.75) is 31.8 Å². The third-order valence-electron chi connectivity index (χ3n) is 5.24. The number of benzene rings is 1. The molecule has 5 N–H and O–H groups in total. The summed E-state index contributed by atoms with van der Waals surface area (Å²) in [5.74, 6) is -0.0803. The predicted molar refractivity (Wildman–Crippen MR) is 103 cm³/mol. The van der Waals surface area contributed by atoms with Gasteiger partial charge in [-0.3, -0.25) is 4.79 Å². The highest BCUT2D eigenvalue weighted by Gasteiger charge is 2.38. The van der Waals surface area contributed by atoms with Gasteiger partial charge < -0.3 is 31.2 Å². The van der Waals surface area contributed by atoms with Crippen molar-refractivity contribution >= 4 is 23.3 Å². The minimum absolute atomic E-state index is 0.0803. The zero-order chi connectivity index (χ0) is 19.1. The summed E-state index contributed by atoms with van der Waals surface area (Å²) in [6, 6.07) is 6.75. The Kier molecular flexibility index (Phi) is 6.65. The number of urea groups is 1. The molecule has 3 amide bonds. The second-order valence-electron chi connectivity index (χ2n) is 7.10. The van der Waals surface area contributed by atoms with E-state index in [-0.39, 0.29) is 18.0 Å². The van der Waals surface area contributed by atoms with Gasteiger partial charge >= 0.3 is 6.03 Å². The van der Waals surface area contributed by atoms with Crippen LogP contribution in [0.1, 0.15) is 25.7 Å². The molecule has 2 fully saturated rings. The number of nitrogens with one attached hydrogen (secondary N) is 3. The van der Waals surface area contributed by atoms with Gasteiger partial charge in [0.25, 0.3) is 0 Å². The number of amides is 3. The number of hydrogen-bond donors (Lipinski definition) is 4. The Morgan fingerprint density at radius 2 is 1.74 bits per heavy atom. The number of rotatable bonds is 6. The van der Waals surface area contributed by atoms with Crippen LogP contribution >= 0.6 is 0 Å². The molecule has 8 heteroatoms. The Bertz CT molecular complexity index is 638. The van der Waals surface area contributed by atoms with Crippen molar-refractivity contribution in [3.8, 4) is 0 Å². The van der Waals surface area contributed by atoms with Gasteiger partial charge in [-0.15, -0.1) is 0 Å². The first-order valence-electron chi connectivity index (χ1n) is 9.47. The molecular formula is C19H28N4O4. The van der Waals surface area contributed by atoms with Gasteiger partial charge in [0, 0.05) is 44.3 Å². The molecule has 27 heavy (non-hydrogen) atoms. The number of ether oxygens (including phenoxy) is 2. The maximum absolute atomic E-state index is 12.7. The lowest BCUT2D eigenvalue weighted by atomic mass is 9.79. The monoisotopic (exact) mass is 376 g/mol. The van der Waals surface area contributed by atoms with Crippen LogP contribution in [0.2, 0.25) is 0 Å². The van der Waals surface area contributed by atoms with Crippen molar-refractivity contribution in [1.29, 1.82) is 0 Å². The fourth-order valence-corrected chi connectivity index (χ4v) is 3.37. The first kappa shape index (κ1) is 19.6. The molecule has 0 spiro atoms. The van der Waals surface area contributed by atoms with Crippen molar-refractivity contribution in [2.24, 2.45) is 11.1 Å². The fraction of sp³-hybridized carbons (Fsp3) is 0.579. The summed E-state index contributed by atoms with van der Waals surface area (Å²) in [6.07, 6.45) is 3.37. The molecule has 0 aromatic heterocycles. The van der Waals surface area contributed by atoms with E-state index in [1.165, 1.54) is 0 Å². The topological polar surface area (TPSA) is 115 Å². The quantitative estimate of drug-likeness (QED) is 0.603. The van der Waals surface area contributed by atoms with Gasteiger partial charge in [0.1, 0.15) is 0 Å². The van der Waals surface area contributed by atoms with Crippen LogP contribution in [0.15, 0.2) is 24.3 Å². The third-order valence-corrected chi connectivity index (χ3v) is 5.24. The van der Waals surface area contributed by atoms with E-state index in [1.54, 1.807) is 24.3 Å². The maximum Gasteiger partial charge on any atom is 0.319 e. The van der Waals surface area contributed by atoms with Gasteiger partial charge in [-0.2, -0.15) is 0 Å². The standard InChI is InChI=1S/C19H28N4O4/c20-13-19(7-10-26-11-8-19)17(24)22-14-3-5-15(6-4-14)23-18(25)21-12-16-2-1-9-27-16/h3-6,16H,1-2,7-13,20H2,(H,22,24)(H2,21,23,25). The van der Waals surface area contributed by atoms with Crippen molar-refractivity contribution in [1.82, 2.24) is 5.32 Å². The van der Waals surface area contributed by atoms with Crippen LogP contribution in [0.4, 0.5) is 16.2 Å². The summed E-state index contributed by atoms with van der Waals surface area (Å²) < 4.78 is 10.8. The van der Waals surface area contributed by atoms with Crippen LogP contribution in [0.3, 0.4) is 0 Å². The highest BCUT2D eigenvalue weighted by Crippen LogP contribution is 2.31. The van der Waals surface area contributed by atoms with E-state index in [1.807, 2.05) is 0 Å². The maximum atomic E-state index is 12.7. The summed E-state index contributed by atoms with van der Waals surface area (Å²) in [6.45, 7) is 2.67. The molecule has 1 aromatic carbocycles. The second kappa shape index (κ2) is 9.16. The first-order chi connectivity index (χ1) is 13.1. The lowest BCUT2D eigenvalue weighted by Crippen LogP contribution is -2.46. The van der Waals surface area contributed by atoms with Crippen LogP contribution in [-0.4, -0.2) is 51.0 Å². The number of anilines is 2. The fourth-order valence-electron chi connectivity index (χ4n) is 3.37.